The quantitative estimate of drug-likeness (QED) is 0.877. The van der Waals surface area contributed by atoms with Gasteiger partial charge in [-0.2, -0.15) is 0 Å². The van der Waals surface area contributed by atoms with Crippen molar-refractivity contribution in [2.45, 2.75) is 31.8 Å². The minimum absolute atomic E-state index is 0.0729. The average Bonchev–Trinajstić information content (AvgIpc) is 3.15. The summed E-state index contributed by atoms with van der Waals surface area (Å²) in [5.74, 6) is 0. The Morgan fingerprint density at radius 1 is 1.50 bits per heavy atom. The van der Waals surface area contributed by atoms with Crippen molar-refractivity contribution < 1.29 is 4.74 Å². The van der Waals surface area contributed by atoms with Gasteiger partial charge in [0.05, 0.1) is 12.3 Å². The molecule has 0 saturated heterocycles. The lowest BCUT2D eigenvalue weighted by Gasteiger charge is -2.26. The molecule has 4 heteroatoms. The Morgan fingerprint density at radius 3 is 2.72 bits per heavy atom. The highest BCUT2D eigenvalue weighted by Gasteiger charge is 2.30. The predicted octanol–water partition coefficient (Wildman–Crippen LogP) is 3.08. The molecule has 1 aliphatic carbocycles. The molecule has 0 aliphatic heterocycles. The lowest BCUT2D eigenvalue weighted by Crippen LogP contribution is -2.29. The van der Waals surface area contributed by atoms with E-state index in [2.05, 4.69) is 39.0 Å². The summed E-state index contributed by atoms with van der Waals surface area (Å²) in [4.78, 5) is 2.43. The highest BCUT2D eigenvalue weighted by Crippen LogP contribution is 2.36. The van der Waals surface area contributed by atoms with Gasteiger partial charge in [0.25, 0.3) is 0 Å². The van der Waals surface area contributed by atoms with Gasteiger partial charge in [-0.25, -0.2) is 0 Å². The molecule has 1 saturated carbocycles. The number of nitrogens with zero attached hydrogens (tertiary/aromatic N) is 1. The topological polar surface area (TPSA) is 38.5 Å². The zero-order chi connectivity index (χ0) is 13.1. The summed E-state index contributed by atoms with van der Waals surface area (Å²) in [7, 11) is 1.75. The standard InChI is InChI=1S/C14H21BrN2O/c1-10(16)11-3-6-14(13(15)9-11)17(7-8-18-2)12-4-5-12/h3,6,9-10,12H,4-5,7-8,16H2,1-2H3/t10-/m0/s1. The summed E-state index contributed by atoms with van der Waals surface area (Å²) in [5.41, 5.74) is 8.32. The monoisotopic (exact) mass is 312 g/mol. The molecule has 0 heterocycles. The van der Waals surface area contributed by atoms with Crippen LogP contribution in [-0.2, 0) is 4.74 Å². The van der Waals surface area contributed by atoms with Crippen molar-refractivity contribution in [3.63, 3.8) is 0 Å². The second kappa shape index (κ2) is 6.04. The maximum atomic E-state index is 5.91. The normalized spacial score (nSPS) is 16.7. The first-order chi connectivity index (χ1) is 8.63. The Bertz CT molecular complexity index is 405. The predicted molar refractivity (Wildman–Crippen MR) is 79.0 cm³/mol. The average molecular weight is 313 g/mol. The highest BCUT2D eigenvalue weighted by atomic mass is 79.9. The van der Waals surface area contributed by atoms with Gasteiger partial charge in [-0.3, -0.25) is 0 Å². The number of halogens is 1. The molecular weight excluding hydrogens is 292 g/mol. The van der Waals surface area contributed by atoms with Crippen molar-refractivity contribution in [3.05, 3.63) is 28.2 Å². The van der Waals surface area contributed by atoms with Gasteiger partial charge in [-0.15, -0.1) is 0 Å². The van der Waals surface area contributed by atoms with Crippen LogP contribution in [-0.4, -0.2) is 26.3 Å². The van der Waals surface area contributed by atoms with Crippen molar-refractivity contribution in [2.75, 3.05) is 25.2 Å². The smallest absolute Gasteiger partial charge is 0.0637 e. The first kappa shape index (κ1) is 13.8. The zero-order valence-corrected chi connectivity index (χ0v) is 12.6. The summed E-state index contributed by atoms with van der Waals surface area (Å²) in [6.45, 7) is 3.71. The fourth-order valence-electron chi connectivity index (χ4n) is 2.11. The van der Waals surface area contributed by atoms with Crippen molar-refractivity contribution in [1.29, 1.82) is 0 Å². The van der Waals surface area contributed by atoms with E-state index in [1.807, 2.05) is 6.92 Å². The summed E-state index contributed by atoms with van der Waals surface area (Å²) in [6.07, 6.45) is 2.57. The summed E-state index contributed by atoms with van der Waals surface area (Å²) >= 11 is 3.67. The number of hydrogen-bond donors (Lipinski definition) is 1. The number of ether oxygens (including phenoxy) is 1. The third-order valence-electron chi connectivity index (χ3n) is 3.33. The third-order valence-corrected chi connectivity index (χ3v) is 3.97. The Balaban J connectivity index is 2.19. The van der Waals surface area contributed by atoms with Crippen LogP contribution in [0.1, 0.15) is 31.4 Å². The molecule has 1 aromatic carbocycles. The van der Waals surface area contributed by atoms with Crippen LogP contribution in [0.2, 0.25) is 0 Å². The maximum absolute atomic E-state index is 5.91. The Hall–Kier alpha value is -0.580. The molecule has 1 atom stereocenters. The molecule has 0 unspecified atom stereocenters. The van der Waals surface area contributed by atoms with Crippen LogP contribution < -0.4 is 10.6 Å². The van der Waals surface area contributed by atoms with E-state index in [4.69, 9.17) is 10.5 Å². The van der Waals surface area contributed by atoms with Crippen LogP contribution >= 0.6 is 15.9 Å². The van der Waals surface area contributed by atoms with Gasteiger partial charge in [0.15, 0.2) is 0 Å². The van der Waals surface area contributed by atoms with Crippen LogP contribution in [0.3, 0.4) is 0 Å². The first-order valence-corrected chi connectivity index (χ1v) is 7.23. The van der Waals surface area contributed by atoms with Gasteiger partial charge in [0.2, 0.25) is 0 Å². The minimum atomic E-state index is 0.0729. The van der Waals surface area contributed by atoms with Crippen LogP contribution in [0.5, 0.6) is 0 Å². The number of anilines is 1. The molecule has 3 nitrogen and oxygen atoms in total. The van der Waals surface area contributed by atoms with E-state index in [1.54, 1.807) is 7.11 Å². The van der Waals surface area contributed by atoms with E-state index >= 15 is 0 Å². The van der Waals surface area contributed by atoms with Gasteiger partial charge < -0.3 is 15.4 Å². The van der Waals surface area contributed by atoms with E-state index in [-0.39, 0.29) is 6.04 Å². The molecule has 2 rings (SSSR count). The lowest BCUT2D eigenvalue weighted by atomic mass is 10.1. The molecule has 18 heavy (non-hydrogen) atoms. The summed E-state index contributed by atoms with van der Waals surface area (Å²) in [6, 6.07) is 7.16. The molecular formula is C14H21BrN2O. The van der Waals surface area contributed by atoms with Crippen LogP contribution in [0.15, 0.2) is 22.7 Å². The van der Waals surface area contributed by atoms with Crippen LogP contribution in [0, 0.1) is 0 Å². The number of rotatable bonds is 6. The van der Waals surface area contributed by atoms with Crippen LogP contribution in [0.4, 0.5) is 5.69 Å². The summed E-state index contributed by atoms with van der Waals surface area (Å²) < 4.78 is 6.32. The van der Waals surface area contributed by atoms with Crippen molar-refractivity contribution >= 4 is 21.6 Å². The third kappa shape index (κ3) is 3.25. The number of nitrogens with two attached hydrogens (primary N) is 1. The van der Waals surface area contributed by atoms with E-state index in [0.717, 1.165) is 23.2 Å². The highest BCUT2D eigenvalue weighted by molar-refractivity contribution is 9.10. The van der Waals surface area contributed by atoms with Gasteiger partial charge in [0, 0.05) is 30.2 Å². The Labute approximate surface area is 117 Å². The molecule has 0 aromatic heterocycles. The lowest BCUT2D eigenvalue weighted by molar-refractivity contribution is 0.205. The van der Waals surface area contributed by atoms with Crippen molar-refractivity contribution in [1.82, 2.24) is 0 Å². The van der Waals surface area contributed by atoms with Crippen LogP contribution in [0.25, 0.3) is 0 Å². The minimum Gasteiger partial charge on any atom is -0.383 e. The molecule has 1 fully saturated rings. The molecule has 100 valence electrons. The fraction of sp³-hybridized carbons (Fsp3) is 0.571. The summed E-state index contributed by atoms with van der Waals surface area (Å²) in [5, 5.41) is 0. The molecule has 2 N–H and O–H groups in total. The molecule has 1 aromatic rings. The molecule has 0 spiro atoms. The number of hydrogen-bond acceptors (Lipinski definition) is 3. The maximum Gasteiger partial charge on any atom is 0.0637 e. The molecule has 0 radical (unpaired) electrons. The van der Waals surface area contributed by atoms with E-state index in [1.165, 1.54) is 18.5 Å². The largest absolute Gasteiger partial charge is 0.383 e. The Morgan fingerprint density at radius 2 is 2.22 bits per heavy atom. The molecule has 0 bridgehead atoms. The van der Waals surface area contributed by atoms with E-state index in [9.17, 15) is 0 Å². The van der Waals surface area contributed by atoms with Gasteiger partial charge in [-0.1, -0.05) is 6.07 Å². The fourth-order valence-corrected chi connectivity index (χ4v) is 2.74. The van der Waals surface area contributed by atoms with Gasteiger partial charge in [0.1, 0.15) is 0 Å². The zero-order valence-electron chi connectivity index (χ0n) is 11.0. The van der Waals surface area contributed by atoms with E-state index in [0.29, 0.717) is 6.04 Å². The molecule has 0 amide bonds. The molecule has 1 aliphatic rings. The van der Waals surface area contributed by atoms with Gasteiger partial charge >= 0.3 is 0 Å². The number of methoxy groups -OCH3 is 1. The Kier molecular flexibility index (Phi) is 4.65. The van der Waals surface area contributed by atoms with E-state index < -0.39 is 0 Å². The second-order valence-corrected chi connectivity index (χ2v) is 5.77. The number of benzene rings is 1. The van der Waals surface area contributed by atoms with Crippen molar-refractivity contribution in [2.24, 2.45) is 5.73 Å². The SMILES string of the molecule is COCCN(c1ccc([C@H](C)N)cc1Br)C1CC1. The second-order valence-electron chi connectivity index (χ2n) is 4.92. The van der Waals surface area contributed by atoms with Gasteiger partial charge in [-0.05, 0) is 53.4 Å². The first-order valence-electron chi connectivity index (χ1n) is 6.44. The van der Waals surface area contributed by atoms with Crippen molar-refractivity contribution in [3.8, 4) is 0 Å².